The van der Waals surface area contributed by atoms with Gasteiger partial charge < -0.3 is 4.57 Å². The van der Waals surface area contributed by atoms with E-state index in [1.54, 1.807) is 0 Å². The van der Waals surface area contributed by atoms with Crippen molar-refractivity contribution in [3.8, 4) is 0 Å². The molecule has 1 aromatic heterocycles. The number of nitrogens with zero attached hydrogens (tertiary/aromatic N) is 4. The number of hydrogen-bond acceptors (Lipinski definition) is 4. The number of imidazole rings is 1. The average Bonchev–Trinajstić information content (AvgIpc) is 2.52. The number of urea groups is 1. The summed E-state index contributed by atoms with van der Waals surface area (Å²) in [5.41, 5.74) is 6.17. The van der Waals surface area contributed by atoms with Crippen LogP contribution < -0.4 is 10.9 Å². The molecule has 2 rings (SSSR count). The summed E-state index contributed by atoms with van der Waals surface area (Å²) in [6.07, 6.45) is 1.82. The van der Waals surface area contributed by atoms with Crippen molar-refractivity contribution in [2.75, 3.05) is 12.0 Å². The van der Waals surface area contributed by atoms with Gasteiger partial charge in [0.2, 0.25) is 0 Å². The molecule has 1 aliphatic rings. The number of hydrazine groups is 1. The number of hydrogen-bond donors (Lipinski definition) is 2. The minimum atomic E-state index is -0.283. The van der Waals surface area contributed by atoms with Crippen LogP contribution in [0.4, 0.5) is 10.6 Å². The zero-order valence-electron chi connectivity index (χ0n) is 9.48. The lowest BCUT2D eigenvalue weighted by atomic mass is 10.4. The van der Waals surface area contributed by atoms with Crippen LogP contribution in [-0.2, 0) is 7.05 Å². The maximum Gasteiger partial charge on any atom is 0.356 e. The summed E-state index contributed by atoms with van der Waals surface area (Å²) in [6.45, 7) is 4.19. The number of nitrogens with one attached hydrogen (secondary N) is 2. The van der Waals surface area contributed by atoms with Gasteiger partial charge in [0.15, 0.2) is 5.82 Å². The number of rotatable bonds is 2. The molecule has 0 radical (unpaired) electrons. The summed E-state index contributed by atoms with van der Waals surface area (Å²) in [5.74, 6) is 1.52. The first kappa shape index (κ1) is 10.5. The van der Waals surface area contributed by atoms with E-state index in [0.717, 1.165) is 11.5 Å². The topological polar surface area (TPSA) is 74.6 Å². The van der Waals surface area contributed by atoms with Crippen molar-refractivity contribution in [2.45, 2.75) is 13.8 Å². The van der Waals surface area contributed by atoms with E-state index in [1.807, 2.05) is 31.7 Å². The highest BCUT2D eigenvalue weighted by Gasteiger charge is 2.19. The van der Waals surface area contributed by atoms with Crippen LogP contribution in [0.2, 0.25) is 0 Å². The smallest absolute Gasteiger partial charge is 0.336 e. The van der Waals surface area contributed by atoms with Crippen molar-refractivity contribution in [1.29, 1.82) is 0 Å². The van der Waals surface area contributed by atoms with E-state index in [9.17, 15) is 4.79 Å². The van der Waals surface area contributed by atoms with Gasteiger partial charge in [-0.2, -0.15) is 5.10 Å². The third-order valence-corrected chi connectivity index (χ3v) is 2.33. The first-order valence-corrected chi connectivity index (χ1v) is 4.93. The Bertz CT molecular complexity index is 429. The number of anilines is 1. The Balaban J connectivity index is 2.10. The molecule has 0 fully saturated rings. The molecule has 0 bridgehead atoms. The second-order valence-corrected chi connectivity index (χ2v) is 3.75. The van der Waals surface area contributed by atoms with E-state index in [-0.39, 0.29) is 6.03 Å². The van der Waals surface area contributed by atoms with Gasteiger partial charge >= 0.3 is 6.03 Å². The fourth-order valence-corrected chi connectivity index (χ4v) is 1.38. The van der Waals surface area contributed by atoms with Crippen LogP contribution in [0.5, 0.6) is 0 Å². The molecular formula is C9H14N6O. The number of carbonyl (C=O) groups is 1. The summed E-state index contributed by atoms with van der Waals surface area (Å²) in [6, 6.07) is -0.283. The van der Waals surface area contributed by atoms with Gasteiger partial charge in [0.25, 0.3) is 0 Å². The van der Waals surface area contributed by atoms with E-state index >= 15 is 0 Å². The van der Waals surface area contributed by atoms with Gasteiger partial charge in [-0.1, -0.05) is 0 Å². The molecule has 7 nitrogen and oxygen atoms in total. The Hall–Kier alpha value is -2.05. The summed E-state index contributed by atoms with van der Waals surface area (Å²) in [5, 5.41) is 5.27. The van der Waals surface area contributed by atoms with Gasteiger partial charge in [-0.3, -0.25) is 5.43 Å². The van der Waals surface area contributed by atoms with Crippen LogP contribution in [0.15, 0.2) is 11.3 Å². The summed E-state index contributed by atoms with van der Waals surface area (Å²) in [7, 11) is 1.90. The first-order chi connectivity index (χ1) is 7.56. The van der Waals surface area contributed by atoms with E-state index in [0.29, 0.717) is 12.4 Å². The van der Waals surface area contributed by atoms with E-state index in [4.69, 9.17) is 0 Å². The standard InChI is InChI=1S/C9H14N6O/c1-6-4-15(9(16)12-11-6)13-8-5-14(3)7(2)10-8/h5,13H,4H2,1-3H3,(H,12,16). The maximum atomic E-state index is 11.4. The lowest BCUT2D eigenvalue weighted by Crippen LogP contribution is -2.48. The highest BCUT2D eigenvalue weighted by atomic mass is 16.2. The molecule has 0 aromatic carbocycles. The van der Waals surface area contributed by atoms with Crippen molar-refractivity contribution >= 4 is 17.6 Å². The molecule has 0 aliphatic carbocycles. The van der Waals surface area contributed by atoms with Crippen molar-refractivity contribution in [1.82, 2.24) is 20.0 Å². The fraction of sp³-hybridized carbons (Fsp3) is 0.444. The van der Waals surface area contributed by atoms with Gasteiger partial charge in [-0.05, 0) is 13.8 Å². The number of amides is 2. The van der Waals surface area contributed by atoms with Crippen molar-refractivity contribution in [3.05, 3.63) is 12.0 Å². The van der Waals surface area contributed by atoms with Gasteiger partial charge in [-0.15, -0.1) is 0 Å². The van der Waals surface area contributed by atoms with Gasteiger partial charge in [-0.25, -0.2) is 20.2 Å². The van der Waals surface area contributed by atoms with Crippen LogP contribution in [0, 0.1) is 6.92 Å². The minimum absolute atomic E-state index is 0.283. The first-order valence-electron chi connectivity index (χ1n) is 4.93. The molecule has 86 valence electrons. The van der Waals surface area contributed by atoms with Gasteiger partial charge in [0.1, 0.15) is 5.82 Å². The summed E-state index contributed by atoms with van der Waals surface area (Å²) in [4.78, 5) is 15.7. The zero-order chi connectivity index (χ0) is 11.7. The quantitative estimate of drug-likeness (QED) is 0.763. The van der Waals surface area contributed by atoms with E-state index in [2.05, 4.69) is 20.9 Å². The van der Waals surface area contributed by atoms with E-state index in [1.165, 1.54) is 5.01 Å². The highest BCUT2D eigenvalue weighted by Crippen LogP contribution is 2.08. The molecule has 1 aliphatic heterocycles. The van der Waals surface area contributed by atoms with Crippen molar-refractivity contribution in [3.63, 3.8) is 0 Å². The van der Waals surface area contributed by atoms with Crippen LogP contribution in [0.1, 0.15) is 12.7 Å². The maximum absolute atomic E-state index is 11.4. The lowest BCUT2D eigenvalue weighted by Gasteiger charge is -2.25. The molecule has 0 unspecified atom stereocenters. The predicted molar refractivity (Wildman–Crippen MR) is 59.9 cm³/mol. The Labute approximate surface area is 93.1 Å². The summed E-state index contributed by atoms with van der Waals surface area (Å²) < 4.78 is 1.88. The average molecular weight is 222 g/mol. The Kier molecular flexibility index (Phi) is 2.51. The molecule has 0 spiro atoms. The third-order valence-electron chi connectivity index (χ3n) is 2.33. The number of carbonyl (C=O) groups excluding carboxylic acids is 1. The molecule has 0 atom stereocenters. The van der Waals surface area contributed by atoms with Crippen molar-refractivity contribution in [2.24, 2.45) is 12.1 Å². The van der Waals surface area contributed by atoms with Crippen LogP contribution in [0.3, 0.4) is 0 Å². The molecule has 1 aromatic rings. The monoisotopic (exact) mass is 222 g/mol. The van der Waals surface area contributed by atoms with Crippen molar-refractivity contribution < 1.29 is 4.79 Å². The molecule has 0 saturated heterocycles. The molecule has 16 heavy (non-hydrogen) atoms. The molecular weight excluding hydrogens is 208 g/mol. The Morgan fingerprint density at radius 3 is 2.88 bits per heavy atom. The fourth-order valence-electron chi connectivity index (χ4n) is 1.38. The van der Waals surface area contributed by atoms with Gasteiger partial charge in [0, 0.05) is 13.2 Å². The predicted octanol–water partition coefficient (Wildman–Crippen LogP) is 0.457. The SMILES string of the molecule is CC1=NNC(=O)N(Nc2cn(C)c(C)n2)C1. The second-order valence-electron chi connectivity index (χ2n) is 3.75. The largest absolute Gasteiger partial charge is 0.356 e. The highest BCUT2D eigenvalue weighted by molar-refractivity contribution is 5.92. The Morgan fingerprint density at radius 2 is 2.25 bits per heavy atom. The molecule has 7 heteroatoms. The zero-order valence-corrected chi connectivity index (χ0v) is 9.48. The van der Waals surface area contributed by atoms with Crippen LogP contribution >= 0.6 is 0 Å². The third kappa shape index (κ3) is 1.97. The van der Waals surface area contributed by atoms with Crippen LogP contribution in [-0.4, -0.2) is 32.8 Å². The van der Waals surface area contributed by atoms with Gasteiger partial charge in [0.05, 0.1) is 12.3 Å². The normalized spacial score (nSPS) is 15.8. The summed E-state index contributed by atoms with van der Waals surface area (Å²) >= 11 is 0. The number of aromatic nitrogens is 2. The van der Waals surface area contributed by atoms with Crippen LogP contribution in [0.25, 0.3) is 0 Å². The number of aryl methyl sites for hydroxylation is 2. The number of hydrazone groups is 1. The molecule has 0 saturated carbocycles. The molecule has 2 N–H and O–H groups in total. The van der Waals surface area contributed by atoms with E-state index < -0.39 is 0 Å². The minimum Gasteiger partial charge on any atom is -0.336 e. The second kappa shape index (κ2) is 3.84. The molecule has 2 amide bonds. The molecule has 2 heterocycles. The Morgan fingerprint density at radius 1 is 1.50 bits per heavy atom. The lowest BCUT2D eigenvalue weighted by molar-refractivity contribution is 0.211.